The summed E-state index contributed by atoms with van der Waals surface area (Å²) in [6.45, 7) is 9.54. The summed E-state index contributed by atoms with van der Waals surface area (Å²) < 4.78 is 2.20. The minimum absolute atomic E-state index is 0.948. The van der Waals surface area contributed by atoms with Crippen molar-refractivity contribution in [3.63, 3.8) is 0 Å². The van der Waals surface area contributed by atoms with Crippen LogP contribution in [-0.4, -0.2) is 9.55 Å². The van der Waals surface area contributed by atoms with Crippen LogP contribution in [0.3, 0.4) is 0 Å². The molecule has 1 heterocycles. The molecule has 0 spiro atoms. The first kappa shape index (κ1) is 13.7. The fraction of sp³-hybridized carbons (Fsp3) is 0.438. The third-order valence-corrected chi connectivity index (χ3v) is 3.34. The molecule has 19 heavy (non-hydrogen) atoms. The Morgan fingerprint density at radius 1 is 1.21 bits per heavy atom. The van der Waals surface area contributed by atoms with Gasteiger partial charge in [0.25, 0.3) is 0 Å². The third-order valence-electron chi connectivity index (χ3n) is 3.34. The summed E-state index contributed by atoms with van der Waals surface area (Å²) in [4.78, 5) is 4.59. The first-order chi connectivity index (χ1) is 9.15. The van der Waals surface area contributed by atoms with Gasteiger partial charge in [-0.3, -0.25) is 0 Å². The molecule has 0 atom stereocenters. The highest BCUT2D eigenvalue weighted by Crippen LogP contribution is 2.25. The van der Waals surface area contributed by atoms with E-state index in [4.69, 9.17) is 0 Å². The van der Waals surface area contributed by atoms with Crippen molar-refractivity contribution in [1.82, 2.24) is 9.55 Å². The number of hydrogen-bond donors (Lipinski definition) is 1. The van der Waals surface area contributed by atoms with Crippen molar-refractivity contribution in [2.45, 2.75) is 47.1 Å². The van der Waals surface area contributed by atoms with Crippen LogP contribution >= 0.6 is 0 Å². The van der Waals surface area contributed by atoms with Crippen molar-refractivity contribution in [3.05, 3.63) is 41.2 Å². The fourth-order valence-electron chi connectivity index (χ4n) is 2.37. The summed E-state index contributed by atoms with van der Waals surface area (Å²) in [5.74, 6) is 0.948. The number of nitrogens with zero attached hydrogens (tertiary/aromatic N) is 2. The van der Waals surface area contributed by atoms with Gasteiger partial charge in [0.15, 0.2) is 0 Å². The SMILES string of the molecule is CCCn1cc(C)nc1Nc1c(C)cccc1CC. The van der Waals surface area contributed by atoms with Crippen molar-refractivity contribution < 1.29 is 0 Å². The maximum Gasteiger partial charge on any atom is 0.207 e. The van der Waals surface area contributed by atoms with Gasteiger partial charge < -0.3 is 9.88 Å². The molecule has 2 rings (SSSR count). The molecule has 0 aliphatic heterocycles. The quantitative estimate of drug-likeness (QED) is 0.869. The van der Waals surface area contributed by atoms with Crippen molar-refractivity contribution >= 4 is 11.6 Å². The van der Waals surface area contributed by atoms with Gasteiger partial charge in [0.2, 0.25) is 5.95 Å². The van der Waals surface area contributed by atoms with Crippen molar-refractivity contribution in [2.75, 3.05) is 5.32 Å². The molecule has 3 nitrogen and oxygen atoms in total. The number of rotatable bonds is 5. The molecule has 0 saturated heterocycles. The smallest absolute Gasteiger partial charge is 0.207 e. The number of nitrogens with one attached hydrogen (secondary N) is 1. The minimum Gasteiger partial charge on any atom is -0.325 e. The zero-order valence-corrected chi connectivity index (χ0v) is 12.3. The lowest BCUT2D eigenvalue weighted by Crippen LogP contribution is -2.05. The number of hydrogen-bond acceptors (Lipinski definition) is 2. The van der Waals surface area contributed by atoms with E-state index in [1.165, 1.54) is 16.8 Å². The van der Waals surface area contributed by atoms with E-state index < -0.39 is 0 Å². The van der Waals surface area contributed by atoms with Crippen LogP contribution in [0.25, 0.3) is 0 Å². The van der Waals surface area contributed by atoms with E-state index >= 15 is 0 Å². The number of anilines is 2. The van der Waals surface area contributed by atoms with Crippen LogP contribution in [0.4, 0.5) is 11.6 Å². The number of aromatic nitrogens is 2. The Bertz CT molecular complexity index is 555. The Morgan fingerprint density at radius 2 is 2.00 bits per heavy atom. The summed E-state index contributed by atoms with van der Waals surface area (Å²) in [5.41, 5.74) is 4.86. The number of para-hydroxylation sites is 1. The maximum absolute atomic E-state index is 4.59. The lowest BCUT2D eigenvalue weighted by molar-refractivity contribution is 0.686. The van der Waals surface area contributed by atoms with Crippen LogP contribution in [0, 0.1) is 13.8 Å². The van der Waals surface area contributed by atoms with Gasteiger partial charge in [-0.05, 0) is 37.8 Å². The van der Waals surface area contributed by atoms with Crippen LogP contribution in [0.1, 0.15) is 37.1 Å². The van der Waals surface area contributed by atoms with Gasteiger partial charge in [0.05, 0.1) is 5.69 Å². The second-order valence-corrected chi connectivity index (χ2v) is 4.99. The highest BCUT2D eigenvalue weighted by atomic mass is 15.2. The molecule has 0 aliphatic rings. The van der Waals surface area contributed by atoms with Crippen LogP contribution < -0.4 is 5.32 Å². The lowest BCUT2D eigenvalue weighted by atomic mass is 10.1. The van der Waals surface area contributed by atoms with E-state index in [0.717, 1.165) is 31.0 Å². The Morgan fingerprint density at radius 3 is 2.68 bits per heavy atom. The summed E-state index contributed by atoms with van der Waals surface area (Å²) in [7, 11) is 0. The fourth-order valence-corrected chi connectivity index (χ4v) is 2.37. The average molecular weight is 257 g/mol. The zero-order valence-electron chi connectivity index (χ0n) is 12.3. The Balaban J connectivity index is 2.35. The number of benzene rings is 1. The molecule has 1 N–H and O–H groups in total. The molecule has 0 unspecified atom stereocenters. The molecule has 0 radical (unpaired) electrons. The molecule has 2 aromatic rings. The van der Waals surface area contributed by atoms with Gasteiger partial charge in [0, 0.05) is 18.4 Å². The highest BCUT2D eigenvalue weighted by Gasteiger charge is 2.09. The second-order valence-electron chi connectivity index (χ2n) is 4.99. The topological polar surface area (TPSA) is 29.9 Å². The third kappa shape index (κ3) is 2.98. The standard InChI is InChI=1S/C16H23N3/c1-5-10-19-11-13(4)17-16(19)18-15-12(3)8-7-9-14(15)6-2/h7-9,11H,5-6,10H2,1-4H3,(H,17,18). The summed E-state index contributed by atoms with van der Waals surface area (Å²) in [6, 6.07) is 6.43. The van der Waals surface area contributed by atoms with Gasteiger partial charge in [-0.25, -0.2) is 4.98 Å². The monoisotopic (exact) mass is 257 g/mol. The van der Waals surface area contributed by atoms with Gasteiger partial charge in [0.1, 0.15) is 0 Å². The van der Waals surface area contributed by atoms with Gasteiger partial charge in [-0.15, -0.1) is 0 Å². The molecule has 102 valence electrons. The lowest BCUT2D eigenvalue weighted by Gasteiger charge is -2.14. The van der Waals surface area contributed by atoms with E-state index in [2.05, 4.69) is 60.0 Å². The summed E-state index contributed by atoms with van der Waals surface area (Å²) >= 11 is 0. The molecule has 1 aromatic heterocycles. The first-order valence-electron chi connectivity index (χ1n) is 7.05. The van der Waals surface area contributed by atoms with Crippen molar-refractivity contribution in [3.8, 4) is 0 Å². The molecule has 0 aliphatic carbocycles. The molecule has 0 fully saturated rings. The predicted molar refractivity (Wildman–Crippen MR) is 81.1 cm³/mol. The normalized spacial score (nSPS) is 10.7. The maximum atomic E-state index is 4.59. The van der Waals surface area contributed by atoms with Crippen LogP contribution in [0.2, 0.25) is 0 Å². The average Bonchev–Trinajstić information content (AvgIpc) is 2.72. The molecule has 0 amide bonds. The van der Waals surface area contributed by atoms with Crippen molar-refractivity contribution in [2.24, 2.45) is 0 Å². The predicted octanol–water partition coefficient (Wildman–Crippen LogP) is 4.22. The molecule has 0 bridgehead atoms. The number of imidazole rings is 1. The summed E-state index contributed by atoms with van der Waals surface area (Å²) in [6.07, 6.45) is 4.24. The minimum atomic E-state index is 0.948. The van der Waals surface area contributed by atoms with E-state index in [-0.39, 0.29) is 0 Å². The largest absolute Gasteiger partial charge is 0.325 e. The molecular formula is C16H23N3. The van der Waals surface area contributed by atoms with Crippen LogP contribution in [-0.2, 0) is 13.0 Å². The van der Waals surface area contributed by atoms with Crippen molar-refractivity contribution in [1.29, 1.82) is 0 Å². The van der Waals surface area contributed by atoms with E-state index in [1.54, 1.807) is 0 Å². The van der Waals surface area contributed by atoms with Gasteiger partial charge in [-0.1, -0.05) is 32.0 Å². The Hall–Kier alpha value is -1.77. The van der Waals surface area contributed by atoms with E-state index in [0.29, 0.717) is 0 Å². The highest BCUT2D eigenvalue weighted by molar-refractivity contribution is 5.63. The van der Waals surface area contributed by atoms with Gasteiger partial charge >= 0.3 is 0 Å². The number of aryl methyl sites for hydroxylation is 4. The van der Waals surface area contributed by atoms with Crippen LogP contribution in [0.5, 0.6) is 0 Å². The van der Waals surface area contributed by atoms with Gasteiger partial charge in [-0.2, -0.15) is 0 Å². The zero-order chi connectivity index (χ0) is 13.8. The second kappa shape index (κ2) is 5.91. The Labute approximate surface area is 115 Å². The molecule has 3 heteroatoms. The Kier molecular flexibility index (Phi) is 4.25. The molecular weight excluding hydrogens is 234 g/mol. The molecule has 0 saturated carbocycles. The van der Waals surface area contributed by atoms with E-state index in [9.17, 15) is 0 Å². The van der Waals surface area contributed by atoms with Crippen LogP contribution in [0.15, 0.2) is 24.4 Å². The van der Waals surface area contributed by atoms with E-state index in [1.807, 2.05) is 6.92 Å². The first-order valence-corrected chi connectivity index (χ1v) is 7.05. The summed E-state index contributed by atoms with van der Waals surface area (Å²) in [5, 5.41) is 3.52. The molecule has 1 aromatic carbocycles.